The van der Waals surface area contributed by atoms with Gasteiger partial charge in [-0.2, -0.15) is 0 Å². The molecule has 22 heavy (non-hydrogen) atoms. The van der Waals surface area contributed by atoms with Gasteiger partial charge in [0.2, 0.25) is 5.91 Å². The molecule has 1 fully saturated rings. The standard InChI is InChI=1S/C16H21ClN2O3/c1-22-14-4-2-12(3-5-14)16(21)18-13-7-10-19(11-8-13)15(20)6-9-17/h2-5,13H,6-11H2,1H3,(H,18,21). The largest absolute Gasteiger partial charge is 0.497 e. The van der Waals surface area contributed by atoms with Crippen LogP contribution in [0.25, 0.3) is 0 Å². The molecule has 120 valence electrons. The molecular formula is C16H21ClN2O3. The average molecular weight is 325 g/mol. The van der Waals surface area contributed by atoms with Crippen LogP contribution in [0.1, 0.15) is 29.6 Å². The number of carbonyl (C=O) groups excluding carboxylic acids is 2. The summed E-state index contributed by atoms with van der Waals surface area (Å²) in [6.07, 6.45) is 1.93. The Kier molecular flexibility index (Phi) is 6.07. The van der Waals surface area contributed by atoms with E-state index in [1.165, 1.54) is 0 Å². The van der Waals surface area contributed by atoms with Crippen LogP contribution in [0.15, 0.2) is 24.3 Å². The van der Waals surface area contributed by atoms with Crippen LogP contribution in [0.3, 0.4) is 0 Å². The summed E-state index contributed by atoms with van der Waals surface area (Å²) in [5.41, 5.74) is 0.612. The lowest BCUT2D eigenvalue weighted by atomic mass is 10.0. The molecule has 1 aliphatic rings. The molecule has 0 spiro atoms. The third-order valence-electron chi connectivity index (χ3n) is 3.84. The number of carbonyl (C=O) groups is 2. The minimum atomic E-state index is -0.0896. The molecule has 0 aliphatic carbocycles. The highest BCUT2D eigenvalue weighted by molar-refractivity contribution is 6.18. The van der Waals surface area contributed by atoms with Gasteiger partial charge in [-0.25, -0.2) is 0 Å². The van der Waals surface area contributed by atoms with E-state index >= 15 is 0 Å². The van der Waals surface area contributed by atoms with Crippen LogP contribution in [-0.2, 0) is 4.79 Å². The number of benzene rings is 1. The molecule has 1 aromatic rings. The highest BCUT2D eigenvalue weighted by Crippen LogP contribution is 2.14. The van der Waals surface area contributed by atoms with E-state index in [9.17, 15) is 9.59 Å². The Labute approximate surface area is 135 Å². The Hall–Kier alpha value is -1.75. The maximum Gasteiger partial charge on any atom is 0.251 e. The zero-order valence-electron chi connectivity index (χ0n) is 12.7. The zero-order valence-corrected chi connectivity index (χ0v) is 13.4. The molecule has 0 bridgehead atoms. The number of rotatable bonds is 5. The van der Waals surface area contributed by atoms with Gasteiger partial charge in [-0.3, -0.25) is 9.59 Å². The second-order valence-electron chi connectivity index (χ2n) is 5.30. The molecule has 0 saturated carbocycles. The third kappa shape index (κ3) is 4.37. The van der Waals surface area contributed by atoms with Crippen molar-refractivity contribution in [1.82, 2.24) is 10.2 Å². The number of hydrogen-bond acceptors (Lipinski definition) is 3. The number of piperidine rings is 1. The van der Waals surface area contributed by atoms with Crippen LogP contribution in [-0.4, -0.2) is 48.8 Å². The Morgan fingerprint density at radius 2 is 1.91 bits per heavy atom. The number of ether oxygens (including phenoxy) is 1. The first-order valence-corrected chi connectivity index (χ1v) is 7.96. The molecule has 0 unspecified atom stereocenters. The van der Waals surface area contributed by atoms with E-state index in [-0.39, 0.29) is 17.9 Å². The summed E-state index contributed by atoms with van der Waals surface area (Å²) in [4.78, 5) is 25.7. The van der Waals surface area contributed by atoms with Crippen molar-refractivity contribution in [2.24, 2.45) is 0 Å². The number of nitrogens with zero attached hydrogens (tertiary/aromatic N) is 1. The smallest absolute Gasteiger partial charge is 0.251 e. The summed E-state index contributed by atoms with van der Waals surface area (Å²) in [7, 11) is 1.59. The first-order valence-electron chi connectivity index (χ1n) is 7.42. The Bertz CT molecular complexity index is 511. The first kappa shape index (κ1) is 16.6. The van der Waals surface area contributed by atoms with Gasteiger partial charge in [-0.15, -0.1) is 11.6 Å². The van der Waals surface area contributed by atoms with Crippen LogP contribution in [0.2, 0.25) is 0 Å². The van der Waals surface area contributed by atoms with E-state index in [1.807, 2.05) is 4.90 Å². The summed E-state index contributed by atoms with van der Waals surface area (Å²) >= 11 is 5.59. The van der Waals surface area contributed by atoms with E-state index in [4.69, 9.17) is 16.3 Å². The van der Waals surface area contributed by atoms with E-state index in [2.05, 4.69) is 5.32 Å². The Morgan fingerprint density at radius 1 is 1.27 bits per heavy atom. The molecule has 1 aliphatic heterocycles. The first-order chi connectivity index (χ1) is 10.6. The Morgan fingerprint density at radius 3 is 2.45 bits per heavy atom. The van der Waals surface area contributed by atoms with Crippen molar-refractivity contribution in [1.29, 1.82) is 0 Å². The van der Waals surface area contributed by atoms with Crippen molar-refractivity contribution >= 4 is 23.4 Å². The number of nitrogens with one attached hydrogen (secondary N) is 1. The normalized spacial score (nSPS) is 15.5. The van der Waals surface area contributed by atoms with E-state index < -0.39 is 0 Å². The van der Waals surface area contributed by atoms with Gasteiger partial charge in [0.25, 0.3) is 5.91 Å². The topological polar surface area (TPSA) is 58.6 Å². The maximum atomic E-state index is 12.2. The summed E-state index contributed by atoms with van der Waals surface area (Å²) in [5, 5.41) is 3.02. The van der Waals surface area contributed by atoms with Crippen LogP contribution in [0, 0.1) is 0 Å². The fourth-order valence-electron chi connectivity index (χ4n) is 2.52. The van der Waals surface area contributed by atoms with Gasteiger partial charge in [-0.05, 0) is 37.1 Å². The minimum absolute atomic E-state index is 0.0896. The summed E-state index contributed by atoms with van der Waals surface area (Å²) in [5.74, 6) is 1.08. The second kappa shape index (κ2) is 8.03. The van der Waals surface area contributed by atoms with Crippen molar-refractivity contribution in [3.05, 3.63) is 29.8 Å². The van der Waals surface area contributed by atoms with Crippen molar-refractivity contribution in [2.75, 3.05) is 26.1 Å². The zero-order chi connectivity index (χ0) is 15.9. The highest BCUT2D eigenvalue weighted by Gasteiger charge is 2.23. The molecule has 2 amide bonds. The van der Waals surface area contributed by atoms with Gasteiger partial charge in [0.1, 0.15) is 5.75 Å². The maximum absolute atomic E-state index is 12.2. The molecule has 0 aromatic heterocycles. The van der Waals surface area contributed by atoms with Crippen LogP contribution in [0.4, 0.5) is 0 Å². The molecule has 0 atom stereocenters. The molecule has 1 N–H and O–H groups in total. The average Bonchev–Trinajstić information content (AvgIpc) is 2.55. The van der Waals surface area contributed by atoms with Gasteiger partial charge in [0.15, 0.2) is 0 Å². The molecular weight excluding hydrogens is 304 g/mol. The molecule has 5 nitrogen and oxygen atoms in total. The monoisotopic (exact) mass is 324 g/mol. The summed E-state index contributed by atoms with van der Waals surface area (Å²) in [6.45, 7) is 1.34. The predicted octanol–water partition coefficient (Wildman–Crippen LogP) is 2.04. The van der Waals surface area contributed by atoms with E-state index in [0.717, 1.165) is 18.6 Å². The SMILES string of the molecule is COc1ccc(C(=O)NC2CCN(C(=O)CCCl)CC2)cc1. The Balaban J connectivity index is 1.82. The molecule has 0 radical (unpaired) electrons. The quantitative estimate of drug-likeness (QED) is 0.843. The van der Waals surface area contributed by atoms with Crippen LogP contribution >= 0.6 is 11.6 Å². The van der Waals surface area contributed by atoms with Crippen LogP contribution in [0.5, 0.6) is 5.75 Å². The van der Waals surface area contributed by atoms with Crippen LogP contribution < -0.4 is 10.1 Å². The molecule has 1 saturated heterocycles. The number of alkyl halides is 1. The molecule has 1 heterocycles. The number of hydrogen-bond donors (Lipinski definition) is 1. The lowest BCUT2D eigenvalue weighted by molar-refractivity contribution is -0.131. The van der Waals surface area contributed by atoms with Crippen molar-refractivity contribution in [3.8, 4) is 5.75 Å². The van der Waals surface area contributed by atoms with Gasteiger partial charge in [0.05, 0.1) is 7.11 Å². The van der Waals surface area contributed by atoms with Gasteiger partial charge in [-0.1, -0.05) is 0 Å². The number of halogens is 1. The fourth-order valence-corrected chi connectivity index (χ4v) is 2.68. The third-order valence-corrected chi connectivity index (χ3v) is 4.03. The summed E-state index contributed by atoms with van der Waals surface area (Å²) < 4.78 is 5.07. The van der Waals surface area contributed by atoms with Gasteiger partial charge >= 0.3 is 0 Å². The van der Waals surface area contributed by atoms with Gasteiger partial charge < -0.3 is 15.0 Å². The lowest BCUT2D eigenvalue weighted by Gasteiger charge is -2.32. The van der Waals surface area contributed by atoms with Crippen molar-refractivity contribution in [2.45, 2.75) is 25.3 Å². The molecule has 2 rings (SSSR count). The predicted molar refractivity (Wildman–Crippen MR) is 85.4 cm³/mol. The minimum Gasteiger partial charge on any atom is -0.497 e. The van der Waals surface area contributed by atoms with E-state index in [0.29, 0.717) is 31.0 Å². The summed E-state index contributed by atoms with van der Waals surface area (Å²) in [6, 6.07) is 7.13. The number of likely N-dealkylation sites (tertiary alicyclic amines) is 1. The molecule has 1 aromatic carbocycles. The lowest BCUT2D eigenvalue weighted by Crippen LogP contribution is -2.46. The number of methoxy groups -OCH3 is 1. The van der Waals surface area contributed by atoms with E-state index in [1.54, 1.807) is 31.4 Å². The fraction of sp³-hybridized carbons (Fsp3) is 0.500. The van der Waals surface area contributed by atoms with Crippen molar-refractivity contribution in [3.63, 3.8) is 0 Å². The molecule has 6 heteroatoms. The second-order valence-corrected chi connectivity index (χ2v) is 5.67. The highest BCUT2D eigenvalue weighted by atomic mass is 35.5. The van der Waals surface area contributed by atoms with Gasteiger partial charge in [0, 0.05) is 37.0 Å². The van der Waals surface area contributed by atoms with Crippen molar-refractivity contribution < 1.29 is 14.3 Å². The number of amides is 2.